The zero-order chi connectivity index (χ0) is 25.6. The van der Waals surface area contributed by atoms with Crippen LogP contribution >= 0.6 is 11.3 Å². The Morgan fingerprint density at radius 3 is 2.42 bits per heavy atom. The van der Waals surface area contributed by atoms with Crippen LogP contribution < -0.4 is 14.5 Å². The molecule has 0 radical (unpaired) electrons. The Labute approximate surface area is 212 Å². The maximum Gasteiger partial charge on any atom is 0.301 e. The summed E-state index contributed by atoms with van der Waals surface area (Å²) >= 11 is 1.34. The summed E-state index contributed by atoms with van der Waals surface area (Å²) in [5.74, 6) is -1.05. The van der Waals surface area contributed by atoms with Gasteiger partial charge < -0.3 is 14.7 Å². The monoisotopic (exact) mass is 499 g/mol. The van der Waals surface area contributed by atoms with Crippen molar-refractivity contribution < 1.29 is 19.4 Å². The molecule has 3 aromatic carbocycles. The molecule has 1 aliphatic rings. The van der Waals surface area contributed by atoms with Crippen molar-refractivity contribution in [2.75, 3.05) is 31.0 Å². The Morgan fingerprint density at radius 2 is 1.78 bits per heavy atom. The quantitative estimate of drug-likeness (QED) is 0.228. The first kappa shape index (κ1) is 23.6. The van der Waals surface area contributed by atoms with E-state index in [1.807, 2.05) is 74.4 Å². The van der Waals surface area contributed by atoms with Crippen LogP contribution in [0.4, 0.5) is 10.8 Å². The Balaban J connectivity index is 1.72. The summed E-state index contributed by atoms with van der Waals surface area (Å²) < 4.78 is 6.18. The highest BCUT2D eigenvalue weighted by Crippen LogP contribution is 2.44. The summed E-state index contributed by atoms with van der Waals surface area (Å²) in [6.45, 7) is 1.82. The predicted molar refractivity (Wildman–Crippen MR) is 143 cm³/mol. The lowest BCUT2D eigenvalue weighted by molar-refractivity contribution is -0.132. The Morgan fingerprint density at radius 1 is 1.06 bits per heavy atom. The number of rotatable bonds is 5. The first-order valence-corrected chi connectivity index (χ1v) is 12.2. The number of aromatic nitrogens is 1. The number of methoxy groups -OCH3 is 1. The number of Topliss-reactive ketones (excluding diaryl/α,β-unsaturated/α-hetero) is 1. The first-order chi connectivity index (χ1) is 17.3. The summed E-state index contributed by atoms with van der Waals surface area (Å²) in [5.41, 5.74) is 3.64. The maximum absolute atomic E-state index is 13.4. The van der Waals surface area contributed by atoms with Crippen molar-refractivity contribution in [1.29, 1.82) is 0 Å². The molecule has 36 heavy (non-hydrogen) atoms. The molecule has 182 valence electrons. The van der Waals surface area contributed by atoms with Crippen molar-refractivity contribution in [1.82, 2.24) is 4.98 Å². The minimum absolute atomic E-state index is 0.0325. The van der Waals surface area contributed by atoms with Crippen LogP contribution in [0.5, 0.6) is 5.75 Å². The standard InChI is InChI=1S/C28H25N3O4S/c1-16-15-19(35-4)13-14-20(16)25(32)23-24(17-9-11-18(12-10-17)30(2)3)31(27(34)26(23)33)28-29-21-7-5-6-8-22(21)36-28/h5-15,24,32H,1-4H3/b25-23+. The van der Waals surface area contributed by atoms with Crippen LogP contribution in [0.25, 0.3) is 16.0 Å². The first-order valence-electron chi connectivity index (χ1n) is 11.4. The Kier molecular flexibility index (Phi) is 5.97. The van der Waals surface area contributed by atoms with Crippen LogP contribution in [0, 0.1) is 6.92 Å². The van der Waals surface area contributed by atoms with Gasteiger partial charge in [0, 0.05) is 25.3 Å². The predicted octanol–water partition coefficient (Wildman–Crippen LogP) is 5.31. The second-order valence-electron chi connectivity index (χ2n) is 8.80. The molecule has 0 aliphatic carbocycles. The number of carbonyl (C=O) groups is 2. The highest BCUT2D eigenvalue weighted by atomic mass is 32.1. The highest BCUT2D eigenvalue weighted by molar-refractivity contribution is 7.22. The third kappa shape index (κ3) is 3.89. The minimum atomic E-state index is -0.830. The molecule has 1 amide bonds. The van der Waals surface area contributed by atoms with Crippen LogP contribution in [-0.2, 0) is 9.59 Å². The Hall–Kier alpha value is -4.17. The van der Waals surface area contributed by atoms with Crippen molar-refractivity contribution in [3.63, 3.8) is 0 Å². The van der Waals surface area contributed by atoms with E-state index in [1.54, 1.807) is 25.3 Å². The van der Waals surface area contributed by atoms with Gasteiger partial charge >= 0.3 is 5.91 Å². The number of nitrogens with zero attached hydrogens (tertiary/aromatic N) is 3. The molecule has 2 heterocycles. The van der Waals surface area contributed by atoms with Crippen LogP contribution in [0.15, 0.2) is 72.3 Å². The smallest absolute Gasteiger partial charge is 0.301 e. The fourth-order valence-electron chi connectivity index (χ4n) is 4.44. The molecule has 1 unspecified atom stereocenters. The van der Waals surface area contributed by atoms with E-state index in [4.69, 9.17) is 4.74 Å². The third-order valence-corrected chi connectivity index (χ3v) is 7.38. The van der Waals surface area contributed by atoms with Gasteiger partial charge in [0.05, 0.1) is 28.9 Å². The molecule has 4 aromatic rings. The highest BCUT2D eigenvalue weighted by Gasteiger charge is 2.48. The van der Waals surface area contributed by atoms with Gasteiger partial charge in [0.2, 0.25) is 0 Å². The molecule has 1 aliphatic heterocycles. The van der Waals surface area contributed by atoms with Crippen molar-refractivity contribution >= 4 is 49.8 Å². The van der Waals surface area contributed by atoms with Gasteiger partial charge in [-0.25, -0.2) is 4.98 Å². The summed E-state index contributed by atoms with van der Waals surface area (Å²) in [6, 6.07) is 19.5. The van der Waals surface area contributed by atoms with E-state index < -0.39 is 17.7 Å². The summed E-state index contributed by atoms with van der Waals surface area (Å²) in [5, 5.41) is 11.9. The van der Waals surface area contributed by atoms with E-state index in [0.29, 0.717) is 22.0 Å². The molecule has 5 rings (SSSR count). The number of thiazole rings is 1. The number of ether oxygens (including phenoxy) is 1. The average Bonchev–Trinajstić information content (AvgIpc) is 3.42. The zero-order valence-electron chi connectivity index (χ0n) is 20.4. The molecule has 1 saturated heterocycles. The molecule has 7 nitrogen and oxygen atoms in total. The van der Waals surface area contributed by atoms with Gasteiger partial charge in [0.25, 0.3) is 5.78 Å². The number of aliphatic hydroxyl groups is 1. The molecule has 1 fully saturated rings. The number of para-hydroxylation sites is 1. The number of hydrogen-bond acceptors (Lipinski definition) is 7. The van der Waals surface area contributed by atoms with Crippen LogP contribution in [0.3, 0.4) is 0 Å². The largest absolute Gasteiger partial charge is 0.507 e. The number of amides is 1. The lowest BCUT2D eigenvalue weighted by Crippen LogP contribution is -2.29. The maximum atomic E-state index is 13.4. The van der Waals surface area contributed by atoms with Crippen LogP contribution in [0.1, 0.15) is 22.7 Å². The summed E-state index contributed by atoms with van der Waals surface area (Å²) in [4.78, 5) is 34.9. The second kappa shape index (κ2) is 9.13. The summed E-state index contributed by atoms with van der Waals surface area (Å²) in [6.07, 6.45) is 0. The van der Waals surface area contributed by atoms with Gasteiger partial charge in [0.1, 0.15) is 11.5 Å². The average molecular weight is 500 g/mol. The van der Waals surface area contributed by atoms with E-state index in [2.05, 4.69) is 4.98 Å². The number of carbonyl (C=O) groups excluding carboxylic acids is 2. The molecule has 1 atom stereocenters. The molecule has 0 bridgehead atoms. The normalized spacial score (nSPS) is 17.1. The van der Waals surface area contributed by atoms with E-state index in [9.17, 15) is 14.7 Å². The number of hydrogen-bond donors (Lipinski definition) is 1. The molecule has 0 saturated carbocycles. The molecular formula is C28H25N3O4S. The Bertz CT molecular complexity index is 1490. The molecule has 0 spiro atoms. The number of aliphatic hydroxyl groups excluding tert-OH is 1. The second-order valence-corrected chi connectivity index (χ2v) is 9.81. The van der Waals surface area contributed by atoms with E-state index in [1.165, 1.54) is 16.2 Å². The molecule has 1 N–H and O–H groups in total. The van der Waals surface area contributed by atoms with Gasteiger partial charge in [-0.2, -0.15) is 0 Å². The van der Waals surface area contributed by atoms with Crippen molar-refractivity contribution in [3.05, 3.63) is 89.0 Å². The summed E-state index contributed by atoms with van der Waals surface area (Å²) in [7, 11) is 5.44. The number of fused-ring (bicyclic) bond motifs is 1. The number of benzene rings is 3. The van der Waals surface area contributed by atoms with Gasteiger partial charge in [-0.1, -0.05) is 35.6 Å². The molecule has 8 heteroatoms. The van der Waals surface area contributed by atoms with Gasteiger partial charge in [-0.05, 0) is 60.5 Å². The SMILES string of the molecule is COc1ccc(/C(O)=C2\C(=O)C(=O)N(c3nc4ccccc4s3)C2c2ccc(N(C)C)cc2)c(C)c1. The van der Waals surface area contributed by atoms with Gasteiger partial charge in [0.15, 0.2) is 5.13 Å². The van der Waals surface area contributed by atoms with E-state index >= 15 is 0 Å². The minimum Gasteiger partial charge on any atom is -0.507 e. The third-order valence-electron chi connectivity index (χ3n) is 6.35. The lowest BCUT2D eigenvalue weighted by atomic mass is 9.94. The van der Waals surface area contributed by atoms with Gasteiger partial charge in [-0.3, -0.25) is 14.5 Å². The lowest BCUT2D eigenvalue weighted by Gasteiger charge is -2.24. The zero-order valence-corrected chi connectivity index (χ0v) is 21.2. The number of aryl methyl sites for hydroxylation is 1. The van der Waals surface area contributed by atoms with Crippen molar-refractivity contribution in [2.45, 2.75) is 13.0 Å². The topological polar surface area (TPSA) is 83.0 Å². The van der Waals surface area contributed by atoms with E-state index in [-0.39, 0.29) is 11.3 Å². The van der Waals surface area contributed by atoms with Gasteiger partial charge in [-0.15, -0.1) is 0 Å². The fourth-order valence-corrected chi connectivity index (χ4v) is 5.43. The van der Waals surface area contributed by atoms with E-state index in [0.717, 1.165) is 21.5 Å². The van der Waals surface area contributed by atoms with Crippen molar-refractivity contribution in [3.8, 4) is 5.75 Å². The van der Waals surface area contributed by atoms with Crippen LogP contribution in [0.2, 0.25) is 0 Å². The molecular weight excluding hydrogens is 474 g/mol. The molecule has 1 aromatic heterocycles. The number of ketones is 1. The number of anilines is 2. The van der Waals surface area contributed by atoms with Crippen LogP contribution in [-0.4, -0.2) is 43.0 Å². The fraction of sp³-hybridized carbons (Fsp3) is 0.179. The van der Waals surface area contributed by atoms with Crippen molar-refractivity contribution in [2.24, 2.45) is 0 Å².